The van der Waals surface area contributed by atoms with E-state index in [-0.39, 0.29) is 31.5 Å². The van der Waals surface area contributed by atoms with Crippen LogP contribution in [0.2, 0.25) is 0 Å². The zero-order valence-electron chi connectivity index (χ0n) is 52.5. The number of phosphoric acid groups is 1. The Labute approximate surface area is 480 Å². The second-order valence-electron chi connectivity index (χ2n) is 24.7. The van der Waals surface area contributed by atoms with Crippen LogP contribution in [0.25, 0.3) is 0 Å². The van der Waals surface area contributed by atoms with Crippen LogP contribution in [-0.4, -0.2) is 69.4 Å². The van der Waals surface area contributed by atoms with Gasteiger partial charge in [0.05, 0.1) is 33.8 Å². The summed E-state index contributed by atoms with van der Waals surface area (Å²) in [6.07, 6.45) is 67.7. The molecule has 0 aliphatic rings. The first kappa shape index (κ1) is 75.8. The fourth-order valence-electron chi connectivity index (χ4n) is 10.5. The molecule has 0 aromatic carbocycles. The Morgan fingerprint density at radius 1 is 0.442 bits per heavy atom. The second-order valence-corrected chi connectivity index (χ2v) is 26.1. The molecule has 1 N–H and O–H groups in total. The van der Waals surface area contributed by atoms with E-state index in [1.165, 1.54) is 263 Å². The lowest BCUT2D eigenvalue weighted by Crippen LogP contribution is -2.47. The maximum absolute atomic E-state index is 13.5. The van der Waals surface area contributed by atoms with E-state index in [4.69, 9.17) is 13.8 Å². The minimum atomic E-state index is -4.69. The van der Waals surface area contributed by atoms with E-state index < -0.39 is 20.0 Å². The van der Waals surface area contributed by atoms with Crippen molar-refractivity contribution in [3.05, 3.63) is 12.2 Å². The molecule has 10 heteroatoms. The van der Waals surface area contributed by atoms with Crippen LogP contribution in [0.15, 0.2) is 12.2 Å². The van der Waals surface area contributed by atoms with E-state index in [0.29, 0.717) is 17.4 Å². The van der Waals surface area contributed by atoms with E-state index in [2.05, 4.69) is 26.1 Å². The number of carbonyl (C=O) groups is 2. The van der Waals surface area contributed by atoms with Crippen LogP contribution in [0.1, 0.15) is 355 Å². The number of unbranched alkanes of at least 4 members (excludes halogenated alkanes) is 47. The largest absolute Gasteiger partial charge is 0.756 e. The number of amides is 1. The van der Waals surface area contributed by atoms with E-state index in [0.717, 1.165) is 57.8 Å². The molecule has 9 nitrogen and oxygen atoms in total. The first-order valence-electron chi connectivity index (χ1n) is 34.0. The van der Waals surface area contributed by atoms with Gasteiger partial charge in [-0.2, -0.15) is 0 Å². The van der Waals surface area contributed by atoms with Gasteiger partial charge in [-0.1, -0.05) is 322 Å². The number of nitrogens with one attached hydrogen (secondary N) is 1. The minimum absolute atomic E-state index is 0.0168. The molecule has 0 heterocycles. The standard InChI is InChI=1S/C67H133N2O7P/c1-7-10-13-16-19-22-25-27-28-29-30-31-32-33-34-35-36-37-38-39-40-42-45-48-51-54-57-60-67(71)76-65(58-55-52-49-46-44-41-26-23-20-17-14-11-8-2)64(63-75-77(72,73)74-62-61-69(4,5)6)68-66(70)59-56-53-50-47-43-24-21-18-15-12-9-3/h55,58,64-65H,7-54,56-57,59-63H2,1-6H3,(H-,68,70,72,73)/b58-55-. The van der Waals surface area contributed by atoms with Crippen LogP contribution < -0.4 is 10.2 Å². The van der Waals surface area contributed by atoms with Crippen LogP contribution in [0.5, 0.6) is 0 Å². The number of quaternary nitrogens is 1. The van der Waals surface area contributed by atoms with Crippen molar-refractivity contribution in [2.24, 2.45) is 0 Å². The third-order valence-electron chi connectivity index (χ3n) is 15.7. The number of rotatable bonds is 63. The number of hydrogen-bond donors (Lipinski definition) is 1. The maximum Gasteiger partial charge on any atom is 0.306 e. The molecule has 0 spiro atoms. The molecule has 3 atom stereocenters. The molecule has 0 aromatic heterocycles. The molecular formula is C67H133N2O7P. The Bertz CT molecular complexity index is 1320. The van der Waals surface area contributed by atoms with Gasteiger partial charge in [-0.05, 0) is 31.8 Å². The predicted molar refractivity (Wildman–Crippen MR) is 330 cm³/mol. The van der Waals surface area contributed by atoms with Crippen molar-refractivity contribution < 1.29 is 37.3 Å². The Morgan fingerprint density at radius 2 is 0.740 bits per heavy atom. The van der Waals surface area contributed by atoms with Gasteiger partial charge in [-0.3, -0.25) is 14.2 Å². The average Bonchev–Trinajstić information content (AvgIpc) is 3.39. The first-order chi connectivity index (χ1) is 37.4. The predicted octanol–water partition coefficient (Wildman–Crippen LogP) is 20.5. The Morgan fingerprint density at radius 3 is 1.06 bits per heavy atom. The molecule has 0 rings (SSSR count). The van der Waals surface area contributed by atoms with Crippen molar-refractivity contribution in [3.63, 3.8) is 0 Å². The van der Waals surface area contributed by atoms with Crippen molar-refractivity contribution in [2.45, 2.75) is 367 Å². The molecule has 77 heavy (non-hydrogen) atoms. The average molecular weight is 1110 g/mol. The minimum Gasteiger partial charge on any atom is -0.756 e. The summed E-state index contributed by atoms with van der Waals surface area (Å²) in [5, 5.41) is 3.03. The summed E-state index contributed by atoms with van der Waals surface area (Å²) in [6, 6.07) is -0.879. The van der Waals surface area contributed by atoms with Gasteiger partial charge in [-0.25, -0.2) is 0 Å². The van der Waals surface area contributed by atoms with E-state index >= 15 is 0 Å². The normalized spacial score (nSPS) is 13.6. The molecule has 3 unspecified atom stereocenters. The lowest BCUT2D eigenvalue weighted by molar-refractivity contribution is -0.870. The fraction of sp³-hybridized carbons (Fsp3) is 0.940. The van der Waals surface area contributed by atoms with Crippen LogP contribution in [0, 0.1) is 0 Å². The molecule has 0 aromatic rings. The van der Waals surface area contributed by atoms with Gasteiger partial charge in [0.1, 0.15) is 19.3 Å². The monoisotopic (exact) mass is 1110 g/mol. The lowest BCUT2D eigenvalue weighted by atomic mass is 10.0. The van der Waals surface area contributed by atoms with Gasteiger partial charge in [0.25, 0.3) is 7.82 Å². The quantitative estimate of drug-likeness (QED) is 0.0212. The summed E-state index contributed by atoms with van der Waals surface area (Å²) in [7, 11) is 1.21. The number of ether oxygens (including phenoxy) is 1. The maximum atomic E-state index is 13.5. The first-order valence-corrected chi connectivity index (χ1v) is 35.5. The summed E-state index contributed by atoms with van der Waals surface area (Å²) >= 11 is 0. The molecule has 458 valence electrons. The van der Waals surface area contributed by atoms with Crippen molar-refractivity contribution in [1.82, 2.24) is 5.32 Å². The zero-order valence-corrected chi connectivity index (χ0v) is 53.3. The van der Waals surface area contributed by atoms with Crippen molar-refractivity contribution in [3.8, 4) is 0 Å². The van der Waals surface area contributed by atoms with E-state index in [1.807, 2.05) is 33.3 Å². The van der Waals surface area contributed by atoms with Gasteiger partial charge in [-0.15, -0.1) is 0 Å². The highest BCUT2D eigenvalue weighted by atomic mass is 31.2. The number of likely N-dealkylation sites (N-methyl/N-ethyl adjacent to an activating group) is 1. The van der Waals surface area contributed by atoms with Gasteiger partial charge >= 0.3 is 5.97 Å². The third kappa shape index (κ3) is 59.2. The molecule has 0 saturated carbocycles. The summed E-state index contributed by atoms with van der Waals surface area (Å²) in [5.41, 5.74) is 0. The highest BCUT2D eigenvalue weighted by Crippen LogP contribution is 2.38. The summed E-state index contributed by atoms with van der Waals surface area (Å²) in [4.78, 5) is 40.0. The second kappa shape index (κ2) is 58.0. The van der Waals surface area contributed by atoms with Crippen LogP contribution in [0.4, 0.5) is 0 Å². The van der Waals surface area contributed by atoms with Gasteiger partial charge in [0.2, 0.25) is 5.91 Å². The number of allylic oxidation sites excluding steroid dienone is 1. The van der Waals surface area contributed by atoms with Crippen molar-refractivity contribution in [1.29, 1.82) is 0 Å². The van der Waals surface area contributed by atoms with Crippen LogP contribution in [0.3, 0.4) is 0 Å². The number of carbonyl (C=O) groups excluding carboxylic acids is 2. The molecule has 0 fully saturated rings. The van der Waals surface area contributed by atoms with Crippen LogP contribution >= 0.6 is 7.82 Å². The Hall–Kier alpha value is -1.25. The van der Waals surface area contributed by atoms with Gasteiger partial charge in [0, 0.05) is 12.8 Å². The van der Waals surface area contributed by atoms with Crippen molar-refractivity contribution >= 4 is 19.7 Å². The third-order valence-corrected chi connectivity index (χ3v) is 16.7. The van der Waals surface area contributed by atoms with E-state index in [1.54, 1.807) is 0 Å². The fourth-order valence-corrected chi connectivity index (χ4v) is 11.2. The molecular weight excluding hydrogens is 976 g/mol. The van der Waals surface area contributed by atoms with Crippen LogP contribution in [-0.2, 0) is 27.9 Å². The summed E-state index contributed by atoms with van der Waals surface area (Å²) < 4.78 is 30.3. The zero-order chi connectivity index (χ0) is 56.4. The summed E-state index contributed by atoms with van der Waals surface area (Å²) in [5.74, 6) is -0.519. The molecule has 0 aliphatic carbocycles. The SMILES string of the molecule is CCCCCCCCCCCCC/C=C\C(OC(=O)CCCCCCCCCCCCCCCCCCCCCCCCCCCCC)C(COP(=O)([O-])OCC[N+](C)(C)C)NC(=O)CCCCCCCCCCCCC. The number of esters is 1. The number of hydrogen-bond acceptors (Lipinski definition) is 7. The lowest BCUT2D eigenvalue weighted by Gasteiger charge is -2.30. The number of phosphoric ester groups is 1. The topological polar surface area (TPSA) is 114 Å². The van der Waals surface area contributed by atoms with Crippen molar-refractivity contribution in [2.75, 3.05) is 40.9 Å². The molecule has 0 saturated heterocycles. The highest BCUT2D eigenvalue weighted by molar-refractivity contribution is 7.45. The summed E-state index contributed by atoms with van der Waals surface area (Å²) in [6.45, 7) is 6.90. The van der Waals surface area contributed by atoms with E-state index in [9.17, 15) is 19.0 Å². The molecule has 0 radical (unpaired) electrons. The Kier molecular flexibility index (Phi) is 57.0. The smallest absolute Gasteiger partial charge is 0.306 e. The highest BCUT2D eigenvalue weighted by Gasteiger charge is 2.27. The molecule has 1 amide bonds. The van der Waals surface area contributed by atoms with Gasteiger partial charge in [0.15, 0.2) is 0 Å². The molecule has 0 aliphatic heterocycles. The molecule has 0 bridgehead atoms. The van der Waals surface area contributed by atoms with Gasteiger partial charge < -0.3 is 28.5 Å². The Balaban J connectivity index is 4.92. The number of nitrogens with zero attached hydrogens (tertiary/aromatic N) is 1.